The fourth-order valence-electron chi connectivity index (χ4n) is 1.17. The summed E-state index contributed by atoms with van der Waals surface area (Å²) >= 11 is 0. The van der Waals surface area contributed by atoms with E-state index in [4.69, 9.17) is 4.74 Å². The molecule has 1 rings (SSSR count). The predicted molar refractivity (Wildman–Crippen MR) is 48.6 cm³/mol. The first-order valence-corrected chi connectivity index (χ1v) is 4.40. The highest BCUT2D eigenvalue weighted by Gasteiger charge is 2.13. The maximum atomic E-state index is 11.3. The molecule has 0 radical (unpaired) electrons. The van der Waals surface area contributed by atoms with E-state index in [-0.39, 0.29) is 5.97 Å². The van der Waals surface area contributed by atoms with Gasteiger partial charge in [0.1, 0.15) is 5.56 Å². The van der Waals surface area contributed by atoms with Crippen LogP contribution in [0, 0.1) is 6.92 Å². The number of carbonyl (C=O) groups excluding carboxylic acids is 1. The molecule has 0 atom stereocenters. The lowest BCUT2D eigenvalue weighted by molar-refractivity contribution is 0.0525. The number of nitrogens with zero attached hydrogens (tertiary/aromatic N) is 2. The lowest BCUT2D eigenvalue weighted by Crippen LogP contribution is -2.07. The van der Waals surface area contributed by atoms with E-state index in [9.17, 15) is 4.79 Å². The van der Waals surface area contributed by atoms with Crippen LogP contribution in [0.3, 0.4) is 0 Å². The molecule has 1 aromatic rings. The van der Waals surface area contributed by atoms with Crippen molar-refractivity contribution in [1.82, 2.24) is 9.78 Å². The van der Waals surface area contributed by atoms with Gasteiger partial charge in [0.2, 0.25) is 0 Å². The first kappa shape index (κ1) is 9.77. The molecule has 1 heterocycles. The molecule has 0 amide bonds. The van der Waals surface area contributed by atoms with Gasteiger partial charge in [0.25, 0.3) is 0 Å². The van der Waals surface area contributed by atoms with E-state index in [1.807, 2.05) is 13.8 Å². The van der Waals surface area contributed by atoms with E-state index in [1.165, 1.54) is 0 Å². The van der Waals surface area contributed by atoms with Crippen molar-refractivity contribution in [1.29, 1.82) is 0 Å². The molecule has 1 aromatic heterocycles. The molecule has 0 saturated carbocycles. The molecule has 13 heavy (non-hydrogen) atoms. The summed E-state index contributed by atoms with van der Waals surface area (Å²) in [5, 5.41) is 4.05. The third kappa shape index (κ3) is 1.88. The minimum Gasteiger partial charge on any atom is -0.462 e. The van der Waals surface area contributed by atoms with Gasteiger partial charge >= 0.3 is 5.97 Å². The Hall–Kier alpha value is -1.32. The SMILES string of the molecule is CCOC(=O)c1cnn(CC)c1C. The summed E-state index contributed by atoms with van der Waals surface area (Å²) in [5.74, 6) is -0.292. The Morgan fingerprint density at radius 3 is 2.77 bits per heavy atom. The normalized spacial score (nSPS) is 10.1. The van der Waals surface area contributed by atoms with Gasteiger partial charge in [-0.3, -0.25) is 4.68 Å². The maximum absolute atomic E-state index is 11.3. The zero-order chi connectivity index (χ0) is 9.84. The lowest BCUT2D eigenvalue weighted by Gasteiger charge is -2.01. The van der Waals surface area contributed by atoms with Crippen LogP contribution in [0.25, 0.3) is 0 Å². The Morgan fingerprint density at radius 2 is 2.31 bits per heavy atom. The molecular weight excluding hydrogens is 168 g/mol. The summed E-state index contributed by atoms with van der Waals surface area (Å²) in [6.07, 6.45) is 1.55. The molecule has 0 unspecified atom stereocenters. The van der Waals surface area contributed by atoms with Gasteiger partial charge in [-0.25, -0.2) is 4.79 Å². The molecule has 0 aliphatic carbocycles. The number of hydrogen-bond donors (Lipinski definition) is 0. The van der Waals surface area contributed by atoms with Gasteiger partial charge in [0.05, 0.1) is 12.8 Å². The van der Waals surface area contributed by atoms with Gasteiger partial charge in [-0.05, 0) is 20.8 Å². The maximum Gasteiger partial charge on any atom is 0.341 e. The molecule has 4 nitrogen and oxygen atoms in total. The first-order chi connectivity index (χ1) is 6.20. The summed E-state index contributed by atoms with van der Waals surface area (Å²) in [6.45, 7) is 6.80. The summed E-state index contributed by atoms with van der Waals surface area (Å²) in [6, 6.07) is 0. The quantitative estimate of drug-likeness (QED) is 0.663. The Labute approximate surface area is 77.5 Å². The number of aromatic nitrogens is 2. The van der Waals surface area contributed by atoms with Crippen LogP contribution < -0.4 is 0 Å². The average molecular weight is 182 g/mol. The van der Waals surface area contributed by atoms with Crippen LogP contribution in [0.2, 0.25) is 0 Å². The van der Waals surface area contributed by atoms with Crippen LogP contribution in [0.5, 0.6) is 0 Å². The number of aryl methyl sites for hydroxylation is 1. The molecule has 0 N–H and O–H groups in total. The van der Waals surface area contributed by atoms with Crippen LogP contribution in [-0.4, -0.2) is 22.4 Å². The minimum absolute atomic E-state index is 0.292. The molecule has 0 aliphatic rings. The fourth-order valence-corrected chi connectivity index (χ4v) is 1.17. The third-order valence-electron chi connectivity index (χ3n) is 1.90. The van der Waals surface area contributed by atoms with Gasteiger partial charge in [0, 0.05) is 12.2 Å². The van der Waals surface area contributed by atoms with Crippen LogP contribution in [0.1, 0.15) is 29.9 Å². The number of esters is 1. The lowest BCUT2D eigenvalue weighted by atomic mass is 10.3. The number of rotatable bonds is 3. The monoisotopic (exact) mass is 182 g/mol. The van der Waals surface area contributed by atoms with Gasteiger partial charge in [-0.15, -0.1) is 0 Å². The minimum atomic E-state index is -0.292. The van der Waals surface area contributed by atoms with Crippen molar-refractivity contribution in [2.45, 2.75) is 27.3 Å². The summed E-state index contributed by atoms with van der Waals surface area (Å²) in [5.41, 5.74) is 1.42. The second-order valence-corrected chi connectivity index (χ2v) is 2.68. The van der Waals surface area contributed by atoms with Crippen LogP contribution in [0.4, 0.5) is 0 Å². The van der Waals surface area contributed by atoms with Gasteiger partial charge < -0.3 is 4.74 Å². The van der Waals surface area contributed by atoms with Crippen molar-refractivity contribution in [2.24, 2.45) is 0 Å². The second-order valence-electron chi connectivity index (χ2n) is 2.68. The van der Waals surface area contributed by atoms with Gasteiger partial charge in [-0.1, -0.05) is 0 Å². The Bertz CT molecular complexity index is 305. The highest BCUT2D eigenvalue weighted by atomic mass is 16.5. The van der Waals surface area contributed by atoms with E-state index in [0.717, 1.165) is 12.2 Å². The van der Waals surface area contributed by atoms with E-state index < -0.39 is 0 Å². The zero-order valence-electron chi connectivity index (χ0n) is 8.20. The van der Waals surface area contributed by atoms with Crippen molar-refractivity contribution < 1.29 is 9.53 Å². The topological polar surface area (TPSA) is 44.1 Å². The standard InChI is InChI=1S/C9H14N2O2/c1-4-11-7(3)8(6-10-11)9(12)13-5-2/h6H,4-5H2,1-3H3. The Kier molecular flexibility index (Phi) is 3.06. The van der Waals surface area contributed by atoms with Crippen LogP contribution in [0.15, 0.2) is 6.20 Å². The molecule has 0 saturated heterocycles. The molecule has 4 heteroatoms. The molecule has 0 bridgehead atoms. The number of carbonyl (C=O) groups is 1. The van der Waals surface area contributed by atoms with E-state index >= 15 is 0 Å². The Balaban J connectivity index is 2.89. The molecule has 0 aliphatic heterocycles. The zero-order valence-corrected chi connectivity index (χ0v) is 8.20. The third-order valence-corrected chi connectivity index (χ3v) is 1.90. The highest BCUT2D eigenvalue weighted by molar-refractivity contribution is 5.90. The smallest absolute Gasteiger partial charge is 0.341 e. The van der Waals surface area contributed by atoms with E-state index in [2.05, 4.69) is 5.10 Å². The number of ether oxygens (including phenoxy) is 1. The predicted octanol–water partition coefficient (Wildman–Crippen LogP) is 1.39. The summed E-state index contributed by atoms with van der Waals surface area (Å²) in [7, 11) is 0. The van der Waals surface area contributed by atoms with E-state index in [0.29, 0.717) is 12.2 Å². The van der Waals surface area contributed by atoms with E-state index in [1.54, 1.807) is 17.8 Å². The second kappa shape index (κ2) is 4.07. The summed E-state index contributed by atoms with van der Waals surface area (Å²) in [4.78, 5) is 11.3. The van der Waals surface area contributed by atoms with Crippen LogP contribution in [-0.2, 0) is 11.3 Å². The highest BCUT2D eigenvalue weighted by Crippen LogP contribution is 2.08. The number of hydrogen-bond acceptors (Lipinski definition) is 3. The summed E-state index contributed by atoms with van der Waals surface area (Å²) < 4.78 is 6.64. The Morgan fingerprint density at radius 1 is 1.62 bits per heavy atom. The largest absolute Gasteiger partial charge is 0.462 e. The van der Waals surface area contributed by atoms with Crippen molar-refractivity contribution in [3.63, 3.8) is 0 Å². The van der Waals surface area contributed by atoms with Crippen molar-refractivity contribution in [2.75, 3.05) is 6.61 Å². The molecule has 0 spiro atoms. The molecule has 0 aromatic carbocycles. The van der Waals surface area contributed by atoms with Gasteiger partial charge in [0.15, 0.2) is 0 Å². The van der Waals surface area contributed by atoms with Crippen molar-refractivity contribution in [3.8, 4) is 0 Å². The average Bonchev–Trinajstić information content (AvgIpc) is 2.47. The molecule has 0 fully saturated rings. The van der Waals surface area contributed by atoms with Crippen molar-refractivity contribution in [3.05, 3.63) is 17.5 Å². The van der Waals surface area contributed by atoms with Gasteiger partial charge in [-0.2, -0.15) is 5.10 Å². The fraction of sp³-hybridized carbons (Fsp3) is 0.556. The van der Waals surface area contributed by atoms with Crippen molar-refractivity contribution >= 4 is 5.97 Å². The molecular formula is C9H14N2O2. The van der Waals surface area contributed by atoms with Crippen LogP contribution >= 0.6 is 0 Å². The molecule has 72 valence electrons. The first-order valence-electron chi connectivity index (χ1n) is 4.40.